The van der Waals surface area contributed by atoms with E-state index in [1.807, 2.05) is 0 Å². The minimum Gasteiger partial charge on any atom is -0.748 e. The molecule has 0 aromatic carbocycles. The molecule has 0 aromatic heterocycles. The van der Waals surface area contributed by atoms with Crippen LogP contribution in [0.15, 0.2) is 0 Å². The van der Waals surface area contributed by atoms with Crippen molar-refractivity contribution in [2.24, 2.45) is 0 Å². The number of hydrogen-bond acceptors (Lipinski definition) is 3. The van der Waals surface area contributed by atoms with E-state index in [1.165, 1.54) is 64.2 Å². The third-order valence-corrected chi connectivity index (χ3v) is 9.34. The molecule has 20 heavy (non-hydrogen) atoms. The van der Waals surface area contributed by atoms with E-state index in [4.69, 9.17) is 0 Å². The van der Waals surface area contributed by atoms with Gasteiger partial charge in [0.15, 0.2) is 0 Å². The minimum atomic E-state index is -4.03. The van der Waals surface area contributed by atoms with Crippen molar-refractivity contribution < 1.29 is 42.5 Å². The zero-order valence-corrected chi connectivity index (χ0v) is 16.4. The summed E-state index contributed by atoms with van der Waals surface area (Å²) in [6.45, 7) is 0. The van der Waals surface area contributed by atoms with Gasteiger partial charge in [-0.25, -0.2) is 8.42 Å². The Labute approximate surface area is 147 Å². The van der Waals surface area contributed by atoms with Crippen LogP contribution < -0.4 is 29.6 Å². The molecule has 0 atom stereocenters. The largest absolute Gasteiger partial charge is 1.00 e. The summed E-state index contributed by atoms with van der Waals surface area (Å²) in [5.74, 6) is -0.119. The van der Waals surface area contributed by atoms with E-state index in [-0.39, 0.29) is 43.2 Å². The van der Waals surface area contributed by atoms with Gasteiger partial charge in [0.05, 0.1) is 10.1 Å². The van der Waals surface area contributed by atoms with Crippen molar-refractivity contribution in [1.29, 1.82) is 0 Å². The van der Waals surface area contributed by atoms with E-state index in [9.17, 15) is 13.0 Å². The summed E-state index contributed by atoms with van der Waals surface area (Å²) < 4.78 is 32.9. The number of rotatable bonds is 5. The maximum Gasteiger partial charge on any atom is 1.00 e. The number of hydrogen-bond donors (Lipinski definition) is 0. The summed E-state index contributed by atoms with van der Waals surface area (Å²) in [5, 5.41) is 0. The Bertz CT molecular complexity index is 345. The van der Waals surface area contributed by atoms with Gasteiger partial charge in [0.1, 0.15) is 0 Å². The van der Waals surface area contributed by atoms with Crippen LogP contribution in [0.4, 0.5) is 0 Å². The zero-order valence-electron chi connectivity index (χ0n) is 12.7. The van der Waals surface area contributed by atoms with Crippen LogP contribution >= 0.6 is 7.92 Å². The Morgan fingerprint density at radius 1 is 0.850 bits per heavy atom. The van der Waals surface area contributed by atoms with Crippen molar-refractivity contribution in [2.45, 2.75) is 75.5 Å². The first kappa shape index (κ1) is 19.4. The molecule has 2 aliphatic carbocycles. The fourth-order valence-electron chi connectivity index (χ4n) is 3.71. The fraction of sp³-hybridized carbons (Fsp3) is 1.00. The van der Waals surface area contributed by atoms with Crippen LogP contribution in [-0.2, 0) is 10.1 Å². The van der Waals surface area contributed by atoms with Gasteiger partial charge < -0.3 is 4.55 Å². The van der Waals surface area contributed by atoms with E-state index >= 15 is 0 Å². The topological polar surface area (TPSA) is 57.2 Å². The third-order valence-electron chi connectivity index (χ3n) is 4.69. The van der Waals surface area contributed by atoms with Gasteiger partial charge in [-0.1, -0.05) is 46.4 Å². The second-order valence-corrected chi connectivity index (χ2v) is 10.5. The molecule has 0 spiro atoms. The van der Waals surface area contributed by atoms with Crippen molar-refractivity contribution in [1.82, 2.24) is 0 Å². The van der Waals surface area contributed by atoms with Crippen LogP contribution in [0.2, 0.25) is 0 Å². The van der Waals surface area contributed by atoms with Gasteiger partial charge in [0.2, 0.25) is 0 Å². The molecule has 0 aliphatic heterocycles. The molecule has 2 rings (SSSR count). The summed E-state index contributed by atoms with van der Waals surface area (Å²) in [4.78, 5) is 0. The molecule has 0 unspecified atom stereocenters. The minimum absolute atomic E-state index is 0. The summed E-state index contributed by atoms with van der Waals surface area (Å²) >= 11 is 0. The van der Waals surface area contributed by atoms with Gasteiger partial charge in [-0.05, 0) is 43.2 Å². The third kappa shape index (κ3) is 6.62. The molecule has 0 saturated heterocycles. The Morgan fingerprint density at radius 3 is 1.60 bits per heavy atom. The molecule has 112 valence electrons. The maximum atomic E-state index is 11.0. The van der Waals surface area contributed by atoms with Crippen molar-refractivity contribution >= 4 is 18.0 Å². The Kier molecular flexibility index (Phi) is 9.18. The molecule has 6 heteroatoms. The molecule has 0 radical (unpaired) electrons. The van der Waals surface area contributed by atoms with Crippen molar-refractivity contribution in [3.05, 3.63) is 0 Å². The van der Waals surface area contributed by atoms with Crippen LogP contribution in [0.5, 0.6) is 0 Å². The SMILES string of the molecule is O=S(=O)([O-])CCP(C1CCCCC1)C1CCCCC1.[Na+]. The second-order valence-electron chi connectivity index (χ2n) is 6.08. The van der Waals surface area contributed by atoms with Gasteiger partial charge in [-0.15, -0.1) is 0 Å². The van der Waals surface area contributed by atoms with Gasteiger partial charge in [-0.2, -0.15) is 0 Å². The maximum absolute atomic E-state index is 11.0. The van der Waals surface area contributed by atoms with Gasteiger partial charge >= 0.3 is 29.6 Å². The van der Waals surface area contributed by atoms with Gasteiger partial charge in [0, 0.05) is 5.75 Å². The van der Waals surface area contributed by atoms with Crippen LogP contribution in [0.3, 0.4) is 0 Å². The first-order valence-corrected chi connectivity index (χ1v) is 11.0. The molecule has 2 aliphatic rings. The quantitative estimate of drug-likeness (QED) is 0.424. The van der Waals surface area contributed by atoms with Gasteiger partial charge in [-0.3, -0.25) is 0 Å². The first-order valence-electron chi connectivity index (χ1n) is 7.75. The Balaban J connectivity index is 0.00000200. The second kappa shape index (κ2) is 9.47. The van der Waals surface area contributed by atoms with Crippen molar-refractivity contribution in [3.8, 4) is 0 Å². The molecule has 3 nitrogen and oxygen atoms in total. The van der Waals surface area contributed by atoms with E-state index < -0.39 is 10.1 Å². The normalized spacial score (nSPS) is 22.7. The van der Waals surface area contributed by atoms with Crippen molar-refractivity contribution in [3.63, 3.8) is 0 Å². The standard InChI is InChI=1S/C14H27O3PS.Na/c15-19(16,17)12-11-18(13-7-3-1-4-8-13)14-9-5-2-6-10-14;/h13-14H,1-12H2,(H,15,16,17);/q;+1/p-1. The Hall–Kier alpha value is 1.34. The smallest absolute Gasteiger partial charge is 0.748 e. The van der Waals surface area contributed by atoms with Crippen LogP contribution in [-0.4, -0.2) is 36.2 Å². The predicted molar refractivity (Wildman–Crippen MR) is 80.1 cm³/mol. The van der Waals surface area contributed by atoms with Crippen LogP contribution in [0.25, 0.3) is 0 Å². The van der Waals surface area contributed by atoms with Crippen LogP contribution in [0, 0.1) is 0 Å². The molecule has 0 heterocycles. The Morgan fingerprint density at radius 2 is 1.25 bits per heavy atom. The van der Waals surface area contributed by atoms with E-state index in [0.717, 1.165) is 11.3 Å². The summed E-state index contributed by atoms with van der Waals surface area (Å²) in [6.07, 6.45) is 13.7. The molecule has 0 N–H and O–H groups in total. The monoisotopic (exact) mass is 328 g/mol. The first-order chi connectivity index (χ1) is 9.06. The molecule has 0 bridgehead atoms. The molecule has 0 aromatic rings. The molecular formula is C14H26NaO3PS. The van der Waals surface area contributed by atoms with E-state index in [1.54, 1.807) is 0 Å². The average molecular weight is 328 g/mol. The molecule has 2 fully saturated rings. The summed E-state index contributed by atoms with van der Waals surface area (Å²) in [5.41, 5.74) is 1.49. The van der Waals surface area contributed by atoms with Gasteiger partial charge in [0.25, 0.3) is 0 Å². The van der Waals surface area contributed by atoms with Crippen molar-refractivity contribution in [2.75, 3.05) is 11.9 Å². The van der Waals surface area contributed by atoms with E-state index in [0.29, 0.717) is 6.16 Å². The molecule has 0 amide bonds. The summed E-state index contributed by atoms with van der Waals surface area (Å²) in [7, 11) is -4.27. The van der Waals surface area contributed by atoms with E-state index in [2.05, 4.69) is 0 Å². The average Bonchev–Trinajstić information content (AvgIpc) is 2.40. The molecular weight excluding hydrogens is 302 g/mol. The zero-order chi connectivity index (χ0) is 13.7. The van der Waals surface area contributed by atoms with Crippen LogP contribution in [0.1, 0.15) is 64.2 Å². The summed E-state index contributed by atoms with van der Waals surface area (Å²) in [6, 6.07) is 0. The predicted octanol–water partition coefficient (Wildman–Crippen LogP) is 0.683. The molecule has 2 saturated carbocycles. The fourth-order valence-corrected chi connectivity index (χ4v) is 8.83.